The van der Waals surface area contributed by atoms with E-state index in [2.05, 4.69) is 18.7 Å². The Morgan fingerprint density at radius 1 is 1.29 bits per heavy atom. The molecule has 0 fully saturated rings. The lowest BCUT2D eigenvalue weighted by atomic mass is 10.2. The average Bonchev–Trinajstić information content (AvgIpc) is 2.19. The van der Waals surface area contributed by atoms with Gasteiger partial charge in [-0.2, -0.15) is 0 Å². The summed E-state index contributed by atoms with van der Waals surface area (Å²) in [7, 11) is 0. The molecule has 3 nitrogen and oxygen atoms in total. The molecule has 1 aromatic carbocycles. The molecule has 0 amide bonds. The quantitative estimate of drug-likeness (QED) is 0.567. The molecular formula is C11H18N2O. The van der Waals surface area contributed by atoms with Gasteiger partial charge in [0.25, 0.3) is 0 Å². The number of rotatable bonds is 4. The van der Waals surface area contributed by atoms with E-state index < -0.39 is 0 Å². The second-order valence-corrected chi connectivity index (χ2v) is 3.35. The van der Waals surface area contributed by atoms with Crippen LogP contribution in [0.3, 0.4) is 0 Å². The molecule has 0 saturated carbocycles. The van der Waals surface area contributed by atoms with Gasteiger partial charge in [0, 0.05) is 6.54 Å². The molecule has 1 aromatic rings. The molecule has 0 radical (unpaired) electrons. The molecule has 0 heterocycles. The van der Waals surface area contributed by atoms with Crippen molar-refractivity contribution in [1.82, 2.24) is 4.90 Å². The molecule has 3 heteroatoms. The van der Waals surface area contributed by atoms with Crippen LogP contribution in [0.2, 0.25) is 0 Å². The van der Waals surface area contributed by atoms with Crippen molar-refractivity contribution in [3.8, 4) is 5.75 Å². The van der Waals surface area contributed by atoms with E-state index in [9.17, 15) is 5.11 Å². The van der Waals surface area contributed by atoms with E-state index in [-0.39, 0.29) is 5.75 Å². The van der Waals surface area contributed by atoms with Crippen LogP contribution < -0.4 is 5.73 Å². The molecule has 0 bridgehead atoms. The maximum Gasteiger partial charge on any atom is 0.138 e. The fourth-order valence-electron chi connectivity index (χ4n) is 1.41. The van der Waals surface area contributed by atoms with Crippen molar-refractivity contribution in [1.29, 1.82) is 0 Å². The zero-order valence-corrected chi connectivity index (χ0v) is 8.83. The lowest BCUT2D eigenvalue weighted by molar-refractivity contribution is 0.296. The Morgan fingerprint density at radius 3 is 2.43 bits per heavy atom. The summed E-state index contributed by atoms with van der Waals surface area (Å²) in [5, 5.41) is 9.25. The summed E-state index contributed by atoms with van der Waals surface area (Å²) < 4.78 is 0. The van der Waals surface area contributed by atoms with Crippen LogP contribution in [0, 0.1) is 0 Å². The third kappa shape index (κ3) is 2.64. The van der Waals surface area contributed by atoms with Crippen LogP contribution in [0.25, 0.3) is 0 Å². The van der Waals surface area contributed by atoms with Crippen molar-refractivity contribution in [3.63, 3.8) is 0 Å². The lowest BCUT2D eigenvalue weighted by Gasteiger charge is -2.18. The molecule has 3 N–H and O–H groups in total. The predicted octanol–water partition coefficient (Wildman–Crippen LogP) is 1.82. The molecule has 0 aliphatic carbocycles. The van der Waals surface area contributed by atoms with E-state index in [0.717, 1.165) is 25.2 Å². The van der Waals surface area contributed by atoms with Crippen LogP contribution in [-0.4, -0.2) is 23.1 Å². The Labute approximate surface area is 85.2 Å². The van der Waals surface area contributed by atoms with E-state index in [1.54, 1.807) is 6.07 Å². The minimum atomic E-state index is 0.160. The number of anilines is 1. The number of phenolic OH excluding ortho intramolecular Hbond substituents is 1. The first-order valence-corrected chi connectivity index (χ1v) is 4.97. The van der Waals surface area contributed by atoms with Gasteiger partial charge in [0.1, 0.15) is 5.75 Å². The standard InChI is InChI=1S/C11H18N2O/c1-3-13(4-2)8-9-5-6-11(14)10(12)7-9/h5-7,14H,3-4,8,12H2,1-2H3. The molecule has 0 spiro atoms. The normalized spacial score (nSPS) is 10.8. The highest BCUT2D eigenvalue weighted by Gasteiger charge is 2.03. The largest absolute Gasteiger partial charge is 0.506 e. The number of nitrogen functional groups attached to an aromatic ring is 1. The maximum atomic E-state index is 9.25. The summed E-state index contributed by atoms with van der Waals surface area (Å²) in [6.07, 6.45) is 0. The second kappa shape index (κ2) is 4.86. The number of aromatic hydroxyl groups is 1. The van der Waals surface area contributed by atoms with Gasteiger partial charge in [-0.05, 0) is 30.8 Å². The van der Waals surface area contributed by atoms with Crippen molar-refractivity contribution in [2.24, 2.45) is 0 Å². The number of phenols is 1. The molecule has 0 aliphatic heterocycles. The molecule has 0 unspecified atom stereocenters. The smallest absolute Gasteiger partial charge is 0.138 e. The van der Waals surface area contributed by atoms with Gasteiger partial charge in [-0.1, -0.05) is 19.9 Å². The zero-order valence-electron chi connectivity index (χ0n) is 8.83. The van der Waals surface area contributed by atoms with Crippen LogP contribution in [-0.2, 0) is 6.54 Å². The summed E-state index contributed by atoms with van der Waals surface area (Å²) in [5.74, 6) is 0.160. The maximum absolute atomic E-state index is 9.25. The topological polar surface area (TPSA) is 49.5 Å². The summed E-state index contributed by atoms with van der Waals surface area (Å²) >= 11 is 0. The predicted molar refractivity (Wildman–Crippen MR) is 59.1 cm³/mol. The number of hydrogen-bond donors (Lipinski definition) is 2. The lowest BCUT2D eigenvalue weighted by Crippen LogP contribution is -2.22. The molecule has 14 heavy (non-hydrogen) atoms. The molecular weight excluding hydrogens is 176 g/mol. The Kier molecular flexibility index (Phi) is 3.77. The summed E-state index contributed by atoms with van der Waals surface area (Å²) in [6.45, 7) is 7.20. The van der Waals surface area contributed by atoms with E-state index in [4.69, 9.17) is 5.73 Å². The van der Waals surface area contributed by atoms with E-state index in [1.165, 1.54) is 0 Å². The fraction of sp³-hybridized carbons (Fsp3) is 0.455. The van der Waals surface area contributed by atoms with Gasteiger partial charge in [-0.25, -0.2) is 0 Å². The SMILES string of the molecule is CCN(CC)Cc1ccc(O)c(N)c1. The van der Waals surface area contributed by atoms with Gasteiger partial charge in [0.05, 0.1) is 5.69 Å². The van der Waals surface area contributed by atoms with E-state index >= 15 is 0 Å². The molecule has 0 saturated heterocycles. The second-order valence-electron chi connectivity index (χ2n) is 3.35. The number of benzene rings is 1. The third-order valence-corrected chi connectivity index (χ3v) is 2.39. The van der Waals surface area contributed by atoms with Gasteiger partial charge in [0.15, 0.2) is 0 Å². The minimum Gasteiger partial charge on any atom is -0.506 e. The Hall–Kier alpha value is -1.22. The minimum absolute atomic E-state index is 0.160. The Balaban J connectivity index is 2.72. The van der Waals surface area contributed by atoms with Gasteiger partial charge < -0.3 is 10.8 Å². The fourth-order valence-corrected chi connectivity index (χ4v) is 1.41. The van der Waals surface area contributed by atoms with E-state index in [1.807, 2.05) is 12.1 Å². The summed E-state index contributed by atoms with van der Waals surface area (Å²) in [4.78, 5) is 2.30. The van der Waals surface area contributed by atoms with E-state index in [0.29, 0.717) is 5.69 Å². The molecule has 0 aliphatic rings. The molecule has 78 valence electrons. The van der Waals surface area contributed by atoms with Crippen molar-refractivity contribution in [3.05, 3.63) is 23.8 Å². The summed E-state index contributed by atoms with van der Waals surface area (Å²) in [6, 6.07) is 5.38. The van der Waals surface area contributed by atoms with Gasteiger partial charge >= 0.3 is 0 Å². The highest BCUT2D eigenvalue weighted by molar-refractivity contribution is 5.53. The van der Waals surface area contributed by atoms with Crippen molar-refractivity contribution >= 4 is 5.69 Å². The average molecular weight is 194 g/mol. The van der Waals surface area contributed by atoms with Crippen LogP contribution in [0.15, 0.2) is 18.2 Å². The summed E-state index contributed by atoms with van der Waals surface area (Å²) in [5.41, 5.74) is 7.21. The van der Waals surface area contributed by atoms with Gasteiger partial charge in [0.2, 0.25) is 0 Å². The number of nitrogens with two attached hydrogens (primary N) is 1. The molecule has 0 atom stereocenters. The highest BCUT2D eigenvalue weighted by atomic mass is 16.3. The molecule has 0 aromatic heterocycles. The first kappa shape index (κ1) is 10.9. The van der Waals surface area contributed by atoms with Gasteiger partial charge in [-0.15, -0.1) is 0 Å². The first-order valence-electron chi connectivity index (χ1n) is 4.97. The monoisotopic (exact) mass is 194 g/mol. The molecule has 1 rings (SSSR count). The van der Waals surface area contributed by atoms with Crippen LogP contribution in [0.5, 0.6) is 5.75 Å². The van der Waals surface area contributed by atoms with Crippen LogP contribution in [0.4, 0.5) is 5.69 Å². The van der Waals surface area contributed by atoms with Crippen LogP contribution >= 0.6 is 0 Å². The van der Waals surface area contributed by atoms with Crippen molar-refractivity contribution < 1.29 is 5.11 Å². The highest BCUT2D eigenvalue weighted by Crippen LogP contribution is 2.21. The number of hydrogen-bond acceptors (Lipinski definition) is 3. The van der Waals surface area contributed by atoms with Crippen molar-refractivity contribution in [2.75, 3.05) is 18.8 Å². The third-order valence-electron chi connectivity index (χ3n) is 2.39. The Morgan fingerprint density at radius 2 is 1.93 bits per heavy atom. The van der Waals surface area contributed by atoms with Gasteiger partial charge in [-0.3, -0.25) is 4.90 Å². The number of nitrogens with zero attached hydrogens (tertiary/aromatic N) is 1. The Bertz CT molecular complexity index is 295. The van der Waals surface area contributed by atoms with Crippen LogP contribution in [0.1, 0.15) is 19.4 Å². The van der Waals surface area contributed by atoms with Crippen molar-refractivity contribution in [2.45, 2.75) is 20.4 Å². The first-order chi connectivity index (χ1) is 6.67. The zero-order chi connectivity index (χ0) is 10.6.